The van der Waals surface area contributed by atoms with Gasteiger partial charge in [-0.3, -0.25) is 0 Å². The smallest absolute Gasteiger partial charge is 0.00180 e. The first-order valence-corrected chi connectivity index (χ1v) is 9.30. The van der Waals surface area contributed by atoms with E-state index in [1.807, 2.05) is 0 Å². The summed E-state index contributed by atoms with van der Waals surface area (Å²) in [4.78, 5) is 0. The van der Waals surface area contributed by atoms with Gasteiger partial charge in [-0.05, 0) is 68.4 Å². The number of unbranched alkanes of at least 4 members (excludes halogenated alkanes) is 3. The summed E-state index contributed by atoms with van der Waals surface area (Å²) in [6, 6.07) is 0. The number of hydrogen-bond donors (Lipinski definition) is 1. The molecule has 0 bridgehead atoms. The summed E-state index contributed by atoms with van der Waals surface area (Å²) >= 11 is 0. The monoisotopic (exact) mass is 293 g/mol. The van der Waals surface area contributed by atoms with E-state index in [4.69, 9.17) is 0 Å². The Morgan fingerprint density at radius 3 is 2.48 bits per heavy atom. The Morgan fingerprint density at radius 1 is 1.10 bits per heavy atom. The van der Waals surface area contributed by atoms with E-state index >= 15 is 0 Å². The summed E-state index contributed by atoms with van der Waals surface area (Å²) in [6.07, 6.45) is 13.2. The molecule has 0 aromatic rings. The molecule has 1 aliphatic carbocycles. The Labute approximate surface area is 134 Å². The third-order valence-corrected chi connectivity index (χ3v) is 5.50. The Hall–Kier alpha value is -0.300. The van der Waals surface area contributed by atoms with Crippen LogP contribution in [0, 0.1) is 23.2 Å². The molecule has 3 unspecified atom stereocenters. The van der Waals surface area contributed by atoms with E-state index in [1.54, 1.807) is 0 Å². The third kappa shape index (κ3) is 7.00. The summed E-state index contributed by atoms with van der Waals surface area (Å²) < 4.78 is 0. The van der Waals surface area contributed by atoms with Crippen molar-refractivity contribution in [3.8, 4) is 0 Å². The standard InChI is InChI=1S/C20H39N/c1-6-8-9-10-11-12-17-15-19(20(3,4)5)14-13-18(17)16-21-7-2/h6,17-19,21H,1,7-16H2,2-5H3. The molecular weight excluding hydrogens is 254 g/mol. The van der Waals surface area contributed by atoms with Gasteiger partial charge in [-0.1, -0.05) is 53.0 Å². The van der Waals surface area contributed by atoms with E-state index in [9.17, 15) is 0 Å². The van der Waals surface area contributed by atoms with Crippen LogP contribution in [0.3, 0.4) is 0 Å². The lowest BCUT2D eigenvalue weighted by Gasteiger charge is -2.42. The highest BCUT2D eigenvalue weighted by Crippen LogP contribution is 2.44. The van der Waals surface area contributed by atoms with Crippen LogP contribution in [-0.2, 0) is 0 Å². The molecule has 1 N–H and O–H groups in total. The second-order valence-corrected chi connectivity index (χ2v) is 8.13. The van der Waals surface area contributed by atoms with Gasteiger partial charge < -0.3 is 5.32 Å². The van der Waals surface area contributed by atoms with Crippen molar-refractivity contribution in [2.24, 2.45) is 23.2 Å². The summed E-state index contributed by atoms with van der Waals surface area (Å²) in [6.45, 7) is 15.7. The quantitative estimate of drug-likeness (QED) is 0.418. The predicted octanol–water partition coefficient (Wildman–Crippen LogP) is 5.81. The third-order valence-electron chi connectivity index (χ3n) is 5.50. The molecule has 1 aliphatic rings. The van der Waals surface area contributed by atoms with E-state index in [0.29, 0.717) is 5.41 Å². The second-order valence-electron chi connectivity index (χ2n) is 8.13. The number of nitrogens with one attached hydrogen (secondary N) is 1. The molecule has 0 spiro atoms. The topological polar surface area (TPSA) is 12.0 Å². The molecule has 0 amide bonds. The van der Waals surface area contributed by atoms with Crippen LogP contribution < -0.4 is 5.32 Å². The van der Waals surface area contributed by atoms with Crippen molar-refractivity contribution in [2.45, 2.75) is 79.1 Å². The van der Waals surface area contributed by atoms with E-state index in [-0.39, 0.29) is 0 Å². The first kappa shape index (κ1) is 18.7. The van der Waals surface area contributed by atoms with Crippen LogP contribution in [0.4, 0.5) is 0 Å². The van der Waals surface area contributed by atoms with E-state index in [0.717, 1.165) is 24.3 Å². The largest absolute Gasteiger partial charge is 0.317 e. The van der Waals surface area contributed by atoms with E-state index in [1.165, 1.54) is 57.9 Å². The van der Waals surface area contributed by atoms with Gasteiger partial charge in [-0.25, -0.2) is 0 Å². The Kier molecular flexibility index (Phi) is 8.63. The first-order valence-electron chi connectivity index (χ1n) is 9.30. The van der Waals surface area contributed by atoms with Gasteiger partial charge >= 0.3 is 0 Å². The Morgan fingerprint density at radius 2 is 1.86 bits per heavy atom. The molecule has 1 heteroatoms. The Bertz CT molecular complexity index is 276. The molecule has 0 aliphatic heterocycles. The fourth-order valence-electron chi connectivity index (χ4n) is 3.94. The fraction of sp³-hybridized carbons (Fsp3) is 0.900. The van der Waals surface area contributed by atoms with Crippen LogP contribution in [0.2, 0.25) is 0 Å². The van der Waals surface area contributed by atoms with Crippen LogP contribution in [0.5, 0.6) is 0 Å². The number of rotatable bonds is 9. The van der Waals surface area contributed by atoms with E-state index < -0.39 is 0 Å². The summed E-state index contributed by atoms with van der Waals surface area (Å²) in [7, 11) is 0. The van der Waals surface area contributed by atoms with Crippen molar-refractivity contribution in [3.05, 3.63) is 12.7 Å². The summed E-state index contributed by atoms with van der Waals surface area (Å²) in [5.41, 5.74) is 0.490. The molecule has 21 heavy (non-hydrogen) atoms. The highest BCUT2D eigenvalue weighted by atomic mass is 14.8. The molecule has 1 nitrogen and oxygen atoms in total. The maximum absolute atomic E-state index is 3.82. The zero-order valence-corrected chi connectivity index (χ0v) is 15.1. The summed E-state index contributed by atoms with van der Waals surface area (Å²) in [5.74, 6) is 2.79. The van der Waals surface area contributed by atoms with Gasteiger partial charge in [0.05, 0.1) is 0 Å². The van der Waals surface area contributed by atoms with Gasteiger partial charge in [0.2, 0.25) is 0 Å². The zero-order valence-electron chi connectivity index (χ0n) is 15.1. The van der Waals surface area contributed by atoms with Gasteiger partial charge in [0.1, 0.15) is 0 Å². The van der Waals surface area contributed by atoms with Crippen molar-refractivity contribution in [1.29, 1.82) is 0 Å². The molecule has 1 rings (SSSR count). The molecule has 1 fully saturated rings. The fourth-order valence-corrected chi connectivity index (χ4v) is 3.94. The molecule has 0 aromatic heterocycles. The maximum Gasteiger partial charge on any atom is -0.00180 e. The van der Waals surface area contributed by atoms with Crippen molar-refractivity contribution in [2.75, 3.05) is 13.1 Å². The van der Waals surface area contributed by atoms with Crippen LogP contribution in [0.1, 0.15) is 79.1 Å². The molecular formula is C20H39N. The molecule has 0 aromatic carbocycles. The van der Waals surface area contributed by atoms with Gasteiger partial charge in [0.25, 0.3) is 0 Å². The first-order chi connectivity index (χ1) is 9.99. The minimum atomic E-state index is 0.490. The van der Waals surface area contributed by atoms with Crippen molar-refractivity contribution in [3.63, 3.8) is 0 Å². The van der Waals surface area contributed by atoms with Crippen LogP contribution in [0.15, 0.2) is 12.7 Å². The molecule has 0 saturated heterocycles. The normalized spacial score (nSPS) is 26.8. The van der Waals surface area contributed by atoms with E-state index in [2.05, 4.69) is 45.7 Å². The molecule has 0 heterocycles. The lowest BCUT2D eigenvalue weighted by atomic mass is 9.64. The van der Waals surface area contributed by atoms with Gasteiger partial charge in [0.15, 0.2) is 0 Å². The average Bonchev–Trinajstić information content (AvgIpc) is 2.44. The average molecular weight is 294 g/mol. The second kappa shape index (κ2) is 9.66. The van der Waals surface area contributed by atoms with Crippen LogP contribution >= 0.6 is 0 Å². The number of allylic oxidation sites excluding steroid dienone is 1. The lowest BCUT2D eigenvalue weighted by molar-refractivity contribution is 0.0912. The zero-order chi connectivity index (χ0) is 15.7. The highest BCUT2D eigenvalue weighted by Gasteiger charge is 2.35. The predicted molar refractivity (Wildman–Crippen MR) is 95.6 cm³/mol. The van der Waals surface area contributed by atoms with Crippen molar-refractivity contribution < 1.29 is 0 Å². The molecule has 1 saturated carbocycles. The minimum Gasteiger partial charge on any atom is -0.317 e. The van der Waals surface area contributed by atoms with Gasteiger partial charge in [-0.2, -0.15) is 0 Å². The number of hydrogen-bond acceptors (Lipinski definition) is 1. The van der Waals surface area contributed by atoms with Gasteiger partial charge in [-0.15, -0.1) is 6.58 Å². The Balaban J connectivity index is 2.46. The lowest BCUT2D eigenvalue weighted by Crippen LogP contribution is -2.36. The summed E-state index contributed by atoms with van der Waals surface area (Å²) in [5, 5.41) is 3.60. The van der Waals surface area contributed by atoms with Crippen LogP contribution in [-0.4, -0.2) is 13.1 Å². The van der Waals surface area contributed by atoms with Crippen LogP contribution in [0.25, 0.3) is 0 Å². The minimum absolute atomic E-state index is 0.490. The van der Waals surface area contributed by atoms with Crippen molar-refractivity contribution >= 4 is 0 Å². The molecule has 3 atom stereocenters. The van der Waals surface area contributed by atoms with Crippen molar-refractivity contribution in [1.82, 2.24) is 5.32 Å². The maximum atomic E-state index is 3.82. The molecule has 0 radical (unpaired) electrons. The molecule has 124 valence electrons. The van der Waals surface area contributed by atoms with Gasteiger partial charge in [0, 0.05) is 0 Å². The highest BCUT2D eigenvalue weighted by molar-refractivity contribution is 4.86. The SMILES string of the molecule is C=CCCCCCC1CC(C(C)(C)C)CCC1CNCC.